The fraction of sp³-hybridized carbons (Fsp3) is 0.400. The third kappa shape index (κ3) is 4.57. The van der Waals surface area contributed by atoms with Gasteiger partial charge in [-0.15, -0.1) is 0 Å². The summed E-state index contributed by atoms with van der Waals surface area (Å²) < 4.78 is 0. The molecule has 2 rings (SSSR count). The molecule has 2 atom stereocenters. The second-order valence-electron chi connectivity index (χ2n) is 6.31. The minimum absolute atomic E-state index is 0.0685. The predicted octanol–water partition coefficient (Wildman–Crippen LogP) is 3.64. The first-order valence-electron chi connectivity index (χ1n) is 8.50. The molecular formula is C20H25NO3. The van der Waals surface area contributed by atoms with Gasteiger partial charge in [-0.2, -0.15) is 0 Å². The zero-order chi connectivity index (χ0) is 17.5. The van der Waals surface area contributed by atoms with Gasteiger partial charge in [0.25, 0.3) is 0 Å². The molecule has 0 aliphatic heterocycles. The van der Waals surface area contributed by atoms with E-state index >= 15 is 0 Å². The van der Waals surface area contributed by atoms with Crippen LogP contribution in [0.4, 0.5) is 0 Å². The van der Waals surface area contributed by atoms with Crippen LogP contribution in [0.5, 0.6) is 0 Å². The van der Waals surface area contributed by atoms with Crippen molar-refractivity contribution in [2.24, 2.45) is 11.8 Å². The van der Waals surface area contributed by atoms with Crippen LogP contribution in [0.15, 0.2) is 42.5 Å². The predicted molar refractivity (Wildman–Crippen MR) is 95.9 cm³/mol. The molecule has 0 saturated carbocycles. The molecule has 0 heterocycles. The molecule has 4 nitrogen and oxygen atoms in total. The Balaban J connectivity index is 2.08. The van der Waals surface area contributed by atoms with Crippen molar-refractivity contribution >= 4 is 22.6 Å². The number of carbonyl (C=O) groups is 2. The lowest BCUT2D eigenvalue weighted by molar-refractivity contribution is -0.141. The van der Waals surface area contributed by atoms with Crippen molar-refractivity contribution in [1.29, 1.82) is 0 Å². The molecule has 2 N–H and O–H groups in total. The number of carboxylic acids is 1. The highest BCUT2D eigenvalue weighted by Crippen LogP contribution is 2.21. The number of carbonyl (C=O) groups excluding carboxylic acids is 1. The van der Waals surface area contributed by atoms with Crippen LogP contribution in [0.25, 0.3) is 10.8 Å². The molecule has 0 fully saturated rings. The molecule has 0 saturated heterocycles. The van der Waals surface area contributed by atoms with Gasteiger partial charge in [-0.3, -0.25) is 9.59 Å². The summed E-state index contributed by atoms with van der Waals surface area (Å²) in [5, 5.41) is 14.5. The smallest absolute Gasteiger partial charge is 0.308 e. The fourth-order valence-electron chi connectivity index (χ4n) is 2.94. The van der Waals surface area contributed by atoms with E-state index in [1.54, 1.807) is 0 Å². The third-order valence-corrected chi connectivity index (χ3v) is 4.39. The van der Waals surface area contributed by atoms with Crippen LogP contribution >= 0.6 is 0 Å². The van der Waals surface area contributed by atoms with E-state index in [-0.39, 0.29) is 18.4 Å². The molecule has 0 aromatic heterocycles. The average molecular weight is 327 g/mol. The maximum absolute atomic E-state index is 12.0. The average Bonchev–Trinajstić information content (AvgIpc) is 2.58. The van der Waals surface area contributed by atoms with Gasteiger partial charge >= 0.3 is 5.97 Å². The van der Waals surface area contributed by atoms with Crippen LogP contribution in [-0.4, -0.2) is 23.5 Å². The summed E-state index contributed by atoms with van der Waals surface area (Å²) in [5.41, 5.74) is 0.997. The van der Waals surface area contributed by atoms with Crippen molar-refractivity contribution in [2.75, 3.05) is 6.54 Å². The van der Waals surface area contributed by atoms with E-state index in [0.717, 1.165) is 29.2 Å². The Bertz CT molecular complexity index is 706. The zero-order valence-corrected chi connectivity index (χ0v) is 14.3. The van der Waals surface area contributed by atoms with E-state index in [9.17, 15) is 14.7 Å². The van der Waals surface area contributed by atoms with Crippen LogP contribution in [-0.2, 0) is 16.0 Å². The molecule has 1 amide bonds. The summed E-state index contributed by atoms with van der Waals surface area (Å²) in [4.78, 5) is 23.6. The summed E-state index contributed by atoms with van der Waals surface area (Å²) in [6, 6.07) is 13.9. The highest BCUT2D eigenvalue weighted by atomic mass is 16.4. The van der Waals surface area contributed by atoms with E-state index in [2.05, 4.69) is 5.32 Å². The maximum Gasteiger partial charge on any atom is 0.308 e. The second-order valence-corrected chi connectivity index (χ2v) is 6.31. The number of rotatable bonds is 8. The largest absolute Gasteiger partial charge is 0.481 e. The number of carboxylic acid groups (broad SMARTS) is 1. The van der Waals surface area contributed by atoms with E-state index in [4.69, 9.17) is 0 Å². The quantitative estimate of drug-likeness (QED) is 0.778. The van der Waals surface area contributed by atoms with Crippen molar-refractivity contribution in [3.8, 4) is 0 Å². The Morgan fingerprint density at radius 1 is 1.12 bits per heavy atom. The highest BCUT2D eigenvalue weighted by molar-refractivity contribution is 5.86. The Hall–Kier alpha value is -2.36. The number of fused-ring (bicyclic) bond motifs is 1. The van der Waals surface area contributed by atoms with Gasteiger partial charge in [-0.1, -0.05) is 62.7 Å². The highest BCUT2D eigenvalue weighted by Gasteiger charge is 2.21. The van der Waals surface area contributed by atoms with Crippen molar-refractivity contribution in [3.63, 3.8) is 0 Å². The topological polar surface area (TPSA) is 66.4 Å². The van der Waals surface area contributed by atoms with Crippen molar-refractivity contribution in [3.05, 3.63) is 48.0 Å². The molecule has 4 heteroatoms. The Morgan fingerprint density at radius 2 is 1.83 bits per heavy atom. The van der Waals surface area contributed by atoms with E-state index in [1.807, 2.05) is 56.3 Å². The Kier molecular flexibility index (Phi) is 6.36. The Morgan fingerprint density at radius 3 is 2.54 bits per heavy atom. The molecule has 24 heavy (non-hydrogen) atoms. The molecule has 2 aromatic carbocycles. The number of nitrogens with one attached hydrogen (secondary N) is 1. The van der Waals surface area contributed by atoms with E-state index < -0.39 is 11.9 Å². The fourth-order valence-corrected chi connectivity index (χ4v) is 2.94. The first-order valence-corrected chi connectivity index (χ1v) is 8.50. The van der Waals surface area contributed by atoms with Gasteiger partial charge in [-0.25, -0.2) is 0 Å². The van der Waals surface area contributed by atoms with Gasteiger partial charge in [0.1, 0.15) is 0 Å². The number of amides is 1. The molecule has 0 aliphatic rings. The van der Waals surface area contributed by atoms with Crippen LogP contribution < -0.4 is 5.32 Å². The minimum Gasteiger partial charge on any atom is -0.481 e. The van der Waals surface area contributed by atoms with E-state index in [0.29, 0.717) is 6.42 Å². The van der Waals surface area contributed by atoms with Gasteiger partial charge in [-0.05, 0) is 29.2 Å². The molecule has 0 aliphatic carbocycles. The van der Waals surface area contributed by atoms with Crippen molar-refractivity contribution in [1.82, 2.24) is 5.32 Å². The zero-order valence-electron chi connectivity index (χ0n) is 14.3. The molecule has 0 spiro atoms. The van der Waals surface area contributed by atoms with Gasteiger partial charge in [0.15, 0.2) is 0 Å². The molecule has 2 unspecified atom stereocenters. The van der Waals surface area contributed by atoms with Crippen LogP contribution in [0, 0.1) is 11.8 Å². The second kappa shape index (κ2) is 8.48. The van der Waals surface area contributed by atoms with Gasteiger partial charge in [0.05, 0.1) is 5.92 Å². The molecule has 0 bridgehead atoms. The number of benzene rings is 2. The maximum atomic E-state index is 12.0. The summed E-state index contributed by atoms with van der Waals surface area (Å²) in [5.74, 6) is -1.66. The van der Waals surface area contributed by atoms with E-state index in [1.165, 1.54) is 0 Å². The molecule has 0 radical (unpaired) electrons. The lowest BCUT2D eigenvalue weighted by atomic mass is 9.94. The summed E-state index contributed by atoms with van der Waals surface area (Å²) in [6.07, 6.45) is 2.15. The standard InChI is InChI=1S/C20H25NO3/c1-3-7-14(2)19(22)21-13-17(20(23)24)12-16-10-6-9-15-8-4-5-11-18(15)16/h4-6,8-11,14,17H,3,7,12-13H2,1-2H3,(H,21,22)(H,23,24). The summed E-state index contributed by atoms with van der Waals surface area (Å²) in [7, 11) is 0. The van der Waals surface area contributed by atoms with Gasteiger partial charge in [0.2, 0.25) is 5.91 Å². The normalized spacial score (nSPS) is 13.4. The van der Waals surface area contributed by atoms with Gasteiger partial charge in [0, 0.05) is 12.5 Å². The molecular weight excluding hydrogens is 302 g/mol. The number of hydrogen-bond donors (Lipinski definition) is 2. The first-order chi connectivity index (χ1) is 11.5. The molecule has 2 aromatic rings. The summed E-state index contributed by atoms with van der Waals surface area (Å²) in [6.45, 7) is 4.06. The van der Waals surface area contributed by atoms with Crippen LogP contribution in [0.1, 0.15) is 32.3 Å². The number of hydrogen-bond acceptors (Lipinski definition) is 2. The Labute approximate surface area is 142 Å². The first kappa shape index (κ1) is 18.0. The monoisotopic (exact) mass is 327 g/mol. The molecule has 128 valence electrons. The summed E-state index contributed by atoms with van der Waals surface area (Å²) >= 11 is 0. The lowest BCUT2D eigenvalue weighted by Gasteiger charge is -2.17. The SMILES string of the molecule is CCCC(C)C(=O)NCC(Cc1cccc2ccccc12)C(=O)O. The van der Waals surface area contributed by atoms with Crippen molar-refractivity contribution in [2.45, 2.75) is 33.1 Å². The van der Waals surface area contributed by atoms with Crippen LogP contribution in [0.3, 0.4) is 0 Å². The lowest BCUT2D eigenvalue weighted by Crippen LogP contribution is -2.36. The third-order valence-electron chi connectivity index (χ3n) is 4.39. The van der Waals surface area contributed by atoms with Gasteiger partial charge < -0.3 is 10.4 Å². The van der Waals surface area contributed by atoms with Crippen molar-refractivity contribution < 1.29 is 14.7 Å². The number of aliphatic carboxylic acids is 1. The van der Waals surface area contributed by atoms with Crippen LogP contribution in [0.2, 0.25) is 0 Å². The minimum atomic E-state index is -0.883.